The van der Waals surface area contributed by atoms with Gasteiger partial charge in [-0.25, -0.2) is 0 Å². The van der Waals surface area contributed by atoms with Gasteiger partial charge < -0.3 is 10.1 Å². The summed E-state index contributed by atoms with van der Waals surface area (Å²) in [6.45, 7) is 5.19. The summed E-state index contributed by atoms with van der Waals surface area (Å²) >= 11 is 1.58. The van der Waals surface area contributed by atoms with Crippen molar-refractivity contribution in [2.24, 2.45) is 4.99 Å². The molecule has 1 aromatic rings. The van der Waals surface area contributed by atoms with Gasteiger partial charge in [0.2, 0.25) is 5.91 Å². The fraction of sp³-hybridized carbons (Fsp3) is 0.429. The van der Waals surface area contributed by atoms with Crippen molar-refractivity contribution < 1.29 is 9.53 Å². The van der Waals surface area contributed by atoms with Crippen LogP contribution in [0.2, 0.25) is 0 Å². The highest BCUT2D eigenvalue weighted by atomic mass is 32.2. The summed E-state index contributed by atoms with van der Waals surface area (Å²) in [7, 11) is 0. The van der Waals surface area contributed by atoms with Crippen LogP contribution >= 0.6 is 11.8 Å². The molecule has 1 heterocycles. The fourth-order valence-electron chi connectivity index (χ4n) is 1.71. The van der Waals surface area contributed by atoms with Crippen LogP contribution in [0.25, 0.3) is 0 Å². The van der Waals surface area contributed by atoms with Crippen molar-refractivity contribution in [3.8, 4) is 5.75 Å². The zero-order valence-corrected chi connectivity index (χ0v) is 12.0. The van der Waals surface area contributed by atoms with Crippen molar-refractivity contribution in [1.29, 1.82) is 0 Å². The predicted octanol–water partition coefficient (Wildman–Crippen LogP) is 2.29. The molecule has 1 aliphatic heterocycles. The molecule has 0 atom stereocenters. The first kappa shape index (κ1) is 13.9. The molecule has 4 nitrogen and oxygen atoms in total. The molecule has 0 aromatic heterocycles. The monoisotopic (exact) mass is 278 g/mol. The molecule has 0 radical (unpaired) electrons. The molecule has 1 aliphatic rings. The van der Waals surface area contributed by atoms with Crippen LogP contribution in [-0.4, -0.2) is 30.0 Å². The van der Waals surface area contributed by atoms with Crippen molar-refractivity contribution in [3.63, 3.8) is 0 Å². The lowest BCUT2D eigenvalue weighted by molar-refractivity contribution is -0.120. The lowest BCUT2D eigenvalue weighted by Crippen LogP contribution is -2.28. The Morgan fingerprint density at radius 2 is 2.32 bits per heavy atom. The van der Waals surface area contributed by atoms with Crippen molar-refractivity contribution in [2.75, 3.05) is 18.9 Å². The van der Waals surface area contributed by atoms with Gasteiger partial charge >= 0.3 is 0 Å². The number of nitrogens with zero attached hydrogens (tertiary/aromatic N) is 1. The van der Waals surface area contributed by atoms with Crippen LogP contribution in [0.3, 0.4) is 0 Å². The first-order valence-electron chi connectivity index (χ1n) is 6.32. The topological polar surface area (TPSA) is 50.7 Å². The van der Waals surface area contributed by atoms with E-state index in [9.17, 15) is 4.79 Å². The Morgan fingerprint density at radius 3 is 3.05 bits per heavy atom. The average Bonchev–Trinajstić information content (AvgIpc) is 2.86. The van der Waals surface area contributed by atoms with Gasteiger partial charge in [-0.1, -0.05) is 23.9 Å². The van der Waals surface area contributed by atoms with E-state index in [1.807, 2.05) is 32.0 Å². The van der Waals surface area contributed by atoms with E-state index in [0.29, 0.717) is 13.0 Å². The number of aryl methyl sites for hydroxylation is 2. The van der Waals surface area contributed by atoms with E-state index in [0.717, 1.165) is 34.3 Å². The summed E-state index contributed by atoms with van der Waals surface area (Å²) in [5.74, 6) is 1.76. The van der Waals surface area contributed by atoms with Crippen LogP contribution in [0.5, 0.6) is 5.75 Å². The van der Waals surface area contributed by atoms with Gasteiger partial charge in [-0.05, 0) is 31.0 Å². The number of hydrogen-bond donors (Lipinski definition) is 1. The van der Waals surface area contributed by atoms with Gasteiger partial charge in [0.1, 0.15) is 5.75 Å². The minimum Gasteiger partial charge on any atom is -0.493 e. The number of hydrogen-bond acceptors (Lipinski definition) is 4. The lowest BCUT2D eigenvalue weighted by Gasteiger charge is -2.10. The first-order valence-corrected chi connectivity index (χ1v) is 7.31. The number of thioether (sulfide) groups is 1. The van der Waals surface area contributed by atoms with Gasteiger partial charge in [0, 0.05) is 5.75 Å². The quantitative estimate of drug-likeness (QED) is 0.919. The normalized spacial score (nSPS) is 14.1. The lowest BCUT2D eigenvalue weighted by atomic mass is 10.1. The molecule has 0 saturated carbocycles. The number of rotatable bonds is 4. The summed E-state index contributed by atoms with van der Waals surface area (Å²) in [6, 6.07) is 6.06. The molecular weight excluding hydrogens is 260 g/mol. The predicted molar refractivity (Wildman–Crippen MR) is 78.9 cm³/mol. The van der Waals surface area contributed by atoms with Crippen LogP contribution in [0.1, 0.15) is 17.5 Å². The SMILES string of the molecule is Cc1ccc(C)c(OCCC(=O)NC2=NCCS2)c1. The molecule has 102 valence electrons. The standard InChI is InChI=1S/C14H18N2O2S/c1-10-3-4-11(2)12(9-10)18-7-5-13(17)16-14-15-6-8-19-14/h3-4,9H,5-8H2,1-2H3,(H,15,16,17). The molecule has 0 bridgehead atoms. The summed E-state index contributed by atoms with van der Waals surface area (Å²) in [5.41, 5.74) is 2.24. The van der Waals surface area contributed by atoms with E-state index in [1.54, 1.807) is 11.8 Å². The van der Waals surface area contributed by atoms with Crippen LogP contribution in [0.4, 0.5) is 0 Å². The summed E-state index contributed by atoms with van der Waals surface area (Å²) in [5, 5.41) is 3.52. The van der Waals surface area contributed by atoms with Crippen molar-refractivity contribution >= 4 is 22.8 Å². The smallest absolute Gasteiger partial charge is 0.229 e. The van der Waals surface area contributed by atoms with Crippen molar-refractivity contribution in [1.82, 2.24) is 5.32 Å². The number of ether oxygens (including phenoxy) is 1. The van der Waals surface area contributed by atoms with Gasteiger partial charge in [-0.3, -0.25) is 9.79 Å². The second-order valence-corrected chi connectivity index (χ2v) is 5.53. The third-order valence-corrected chi connectivity index (χ3v) is 3.65. The van der Waals surface area contributed by atoms with Crippen LogP contribution < -0.4 is 10.1 Å². The number of benzene rings is 1. The maximum atomic E-state index is 11.7. The van der Waals surface area contributed by atoms with E-state index in [1.165, 1.54) is 0 Å². The molecule has 1 N–H and O–H groups in total. The number of carbonyl (C=O) groups is 1. The van der Waals surface area contributed by atoms with Crippen LogP contribution in [0, 0.1) is 13.8 Å². The van der Waals surface area contributed by atoms with E-state index in [2.05, 4.69) is 10.3 Å². The Morgan fingerprint density at radius 1 is 1.47 bits per heavy atom. The zero-order valence-electron chi connectivity index (χ0n) is 11.2. The highest BCUT2D eigenvalue weighted by molar-refractivity contribution is 8.14. The number of carbonyl (C=O) groups excluding carboxylic acids is 1. The maximum absolute atomic E-state index is 11.7. The van der Waals surface area contributed by atoms with Crippen LogP contribution in [0.15, 0.2) is 23.2 Å². The third kappa shape index (κ3) is 4.28. The Hall–Kier alpha value is -1.49. The molecular formula is C14H18N2O2S. The molecule has 1 aromatic carbocycles. The van der Waals surface area contributed by atoms with Gasteiger partial charge in [-0.15, -0.1) is 0 Å². The summed E-state index contributed by atoms with van der Waals surface area (Å²) < 4.78 is 5.65. The van der Waals surface area contributed by atoms with Gasteiger partial charge in [0.05, 0.1) is 19.6 Å². The second kappa shape index (κ2) is 6.61. The fourth-order valence-corrected chi connectivity index (χ4v) is 2.45. The van der Waals surface area contributed by atoms with Crippen LogP contribution in [-0.2, 0) is 4.79 Å². The highest BCUT2D eigenvalue weighted by Crippen LogP contribution is 2.19. The minimum atomic E-state index is -0.0431. The Balaban J connectivity index is 1.76. The summed E-state index contributed by atoms with van der Waals surface area (Å²) in [6.07, 6.45) is 0.340. The number of amides is 1. The molecule has 5 heteroatoms. The number of amidine groups is 1. The van der Waals surface area contributed by atoms with Gasteiger partial charge in [0.15, 0.2) is 5.17 Å². The van der Waals surface area contributed by atoms with Gasteiger partial charge in [-0.2, -0.15) is 0 Å². The van der Waals surface area contributed by atoms with Crippen molar-refractivity contribution in [2.45, 2.75) is 20.3 Å². The van der Waals surface area contributed by atoms with Gasteiger partial charge in [0.25, 0.3) is 0 Å². The van der Waals surface area contributed by atoms with E-state index in [-0.39, 0.29) is 5.91 Å². The minimum absolute atomic E-state index is 0.0431. The third-order valence-electron chi connectivity index (χ3n) is 2.76. The second-order valence-electron chi connectivity index (χ2n) is 4.45. The number of nitrogens with one attached hydrogen (secondary N) is 1. The first-order chi connectivity index (χ1) is 9.15. The molecule has 0 saturated heterocycles. The molecule has 0 aliphatic carbocycles. The molecule has 0 fully saturated rings. The largest absolute Gasteiger partial charge is 0.493 e. The van der Waals surface area contributed by atoms with E-state index >= 15 is 0 Å². The maximum Gasteiger partial charge on any atom is 0.229 e. The Kier molecular flexibility index (Phi) is 4.85. The summed E-state index contributed by atoms with van der Waals surface area (Å²) in [4.78, 5) is 15.8. The zero-order chi connectivity index (χ0) is 13.7. The molecule has 1 amide bonds. The molecule has 0 unspecified atom stereocenters. The Labute approximate surface area is 117 Å². The van der Waals surface area contributed by atoms with E-state index < -0.39 is 0 Å². The molecule has 0 spiro atoms. The Bertz CT molecular complexity index is 500. The highest BCUT2D eigenvalue weighted by Gasteiger charge is 2.10. The van der Waals surface area contributed by atoms with Crippen molar-refractivity contribution in [3.05, 3.63) is 29.3 Å². The van der Waals surface area contributed by atoms with E-state index in [4.69, 9.17) is 4.74 Å². The number of aliphatic imine (C=N–C) groups is 1. The average molecular weight is 278 g/mol. The molecule has 2 rings (SSSR count). The molecule has 19 heavy (non-hydrogen) atoms.